The highest BCUT2D eigenvalue weighted by Crippen LogP contribution is 2.49. The molecule has 3 nitrogen and oxygen atoms in total. The smallest absolute Gasteiger partial charge is 0.144 e. The van der Waals surface area contributed by atoms with Gasteiger partial charge in [-0.1, -0.05) is 25.7 Å². The summed E-state index contributed by atoms with van der Waals surface area (Å²) in [5.41, 5.74) is -0.106. The second kappa shape index (κ2) is 5.92. The van der Waals surface area contributed by atoms with Gasteiger partial charge in [0.15, 0.2) is 0 Å². The molecule has 1 heterocycles. The van der Waals surface area contributed by atoms with Crippen LogP contribution in [0.3, 0.4) is 0 Å². The average Bonchev–Trinajstić information content (AvgIpc) is 2.72. The molecule has 0 bridgehead atoms. The van der Waals surface area contributed by atoms with Crippen LogP contribution in [0.1, 0.15) is 64.2 Å². The highest BCUT2D eigenvalue weighted by atomic mass is 16.5. The summed E-state index contributed by atoms with van der Waals surface area (Å²) in [6.45, 7) is 1.57. The molecular formula is C16H26O3. The maximum absolute atomic E-state index is 12.1. The first-order valence-electron chi connectivity index (χ1n) is 8.08. The number of carbonyl (C=O) groups excluding carboxylic acids is 1. The summed E-state index contributed by atoms with van der Waals surface area (Å²) in [6, 6.07) is 0. The lowest BCUT2D eigenvalue weighted by molar-refractivity contribution is -0.173. The summed E-state index contributed by atoms with van der Waals surface area (Å²) in [6.07, 6.45) is 11.7. The van der Waals surface area contributed by atoms with Crippen LogP contribution in [0.2, 0.25) is 0 Å². The first-order valence-corrected chi connectivity index (χ1v) is 8.08. The molecule has 108 valence electrons. The van der Waals surface area contributed by atoms with E-state index < -0.39 is 0 Å². The van der Waals surface area contributed by atoms with Crippen LogP contribution in [-0.4, -0.2) is 31.2 Å². The molecule has 2 atom stereocenters. The highest BCUT2D eigenvalue weighted by Gasteiger charge is 2.54. The van der Waals surface area contributed by atoms with E-state index in [1.165, 1.54) is 38.5 Å². The van der Waals surface area contributed by atoms with Crippen LogP contribution < -0.4 is 0 Å². The van der Waals surface area contributed by atoms with Crippen molar-refractivity contribution in [1.29, 1.82) is 0 Å². The molecule has 1 aliphatic heterocycles. The van der Waals surface area contributed by atoms with Crippen molar-refractivity contribution in [2.75, 3.05) is 13.2 Å². The van der Waals surface area contributed by atoms with Gasteiger partial charge in [0, 0.05) is 13.0 Å². The van der Waals surface area contributed by atoms with Gasteiger partial charge in [0.05, 0.1) is 24.2 Å². The van der Waals surface area contributed by atoms with E-state index >= 15 is 0 Å². The van der Waals surface area contributed by atoms with E-state index in [1.54, 1.807) is 0 Å². The van der Waals surface area contributed by atoms with Crippen LogP contribution in [0.4, 0.5) is 0 Å². The van der Waals surface area contributed by atoms with Crippen LogP contribution in [-0.2, 0) is 14.3 Å². The normalized spacial score (nSPS) is 34.8. The predicted octanol–water partition coefficient (Wildman–Crippen LogP) is 3.25. The Balaban J connectivity index is 1.53. The lowest BCUT2D eigenvalue weighted by Crippen LogP contribution is -2.55. The van der Waals surface area contributed by atoms with Gasteiger partial charge in [-0.15, -0.1) is 0 Å². The van der Waals surface area contributed by atoms with Gasteiger partial charge in [0.25, 0.3) is 0 Å². The zero-order valence-electron chi connectivity index (χ0n) is 11.9. The Bertz CT molecular complexity index is 312. The molecule has 1 saturated heterocycles. The lowest BCUT2D eigenvalue weighted by Gasteiger charge is -2.47. The van der Waals surface area contributed by atoms with Crippen molar-refractivity contribution in [2.24, 2.45) is 5.41 Å². The van der Waals surface area contributed by atoms with Gasteiger partial charge in [-0.2, -0.15) is 0 Å². The van der Waals surface area contributed by atoms with Crippen LogP contribution in [0, 0.1) is 5.41 Å². The van der Waals surface area contributed by atoms with Gasteiger partial charge in [0.1, 0.15) is 5.78 Å². The topological polar surface area (TPSA) is 35.5 Å². The fourth-order valence-electron chi connectivity index (χ4n) is 3.96. The van der Waals surface area contributed by atoms with Crippen molar-refractivity contribution in [3.05, 3.63) is 0 Å². The van der Waals surface area contributed by atoms with Gasteiger partial charge in [0.2, 0.25) is 0 Å². The summed E-state index contributed by atoms with van der Waals surface area (Å²) in [7, 11) is 0. The van der Waals surface area contributed by atoms with Crippen LogP contribution in [0.25, 0.3) is 0 Å². The van der Waals surface area contributed by atoms with E-state index in [9.17, 15) is 4.79 Å². The van der Waals surface area contributed by atoms with Gasteiger partial charge in [-0.25, -0.2) is 0 Å². The largest absolute Gasteiger partial charge is 0.376 e. The average molecular weight is 266 g/mol. The molecule has 0 radical (unpaired) electrons. The van der Waals surface area contributed by atoms with Crippen molar-refractivity contribution in [1.82, 2.24) is 0 Å². The monoisotopic (exact) mass is 266 g/mol. The Morgan fingerprint density at radius 3 is 2.53 bits per heavy atom. The number of hydrogen-bond acceptors (Lipinski definition) is 3. The van der Waals surface area contributed by atoms with Gasteiger partial charge in [-0.05, 0) is 32.1 Å². The molecule has 2 unspecified atom stereocenters. The molecule has 2 saturated carbocycles. The maximum Gasteiger partial charge on any atom is 0.144 e. The molecule has 0 aromatic carbocycles. The molecule has 0 aromatic rings. The van der Waals surface area contributed by atoms with Gasteiger partial charge >= 0.3 is 0 Å². The minimum Gasteiger partial charge on any atom is -0.376 e. The third kappa shape index (κ3) is 2.73. The van der Waals surface area contributed by atoms with Crippen LogP contribution in [0.5, 0.6) is 0 Å². The van der Waals surface area contributed by atoms with Crippen LogP contribution >= 0.6 is 0 Å². The first kappa shape index (κ1) is 13.6. The molecule has 0 aromatic heterocycles. The molecule has 3 aliphatic rings. The van der Waals surface area contributed by atoms with E-state index in [2.05, 4.69) is 0 Å². The maximum atomic E-state index is 12.1. The Hall–Kier alpha value is -0.410. The minimum atomic E-state index is -0.106. The molecule has 1 spiro atoms. The molecule has 3 fully saturated rings. The standard InChI is InChI=1S/C16H26O3/c17-14-11-15(16(14)8-4-1-2-5-9-16)19-12-13-7-3-6-10-18-13/h13,15H,1-12H2. The summed E-state index contributed by atoms with van der Waals surface area (Å²) >= 11 is 0. The zero-order chi connectivity index (χ0) is 13.1. The number of ketones is 1. The summed E-state index contributed by atoms with van der Waals surface area (Å²) in [4.78, 5) is 12.1. The predicted molar refractivity (Wildman–Crippen MR) is 73.1 cm³/mol. The Morgan fingerprint density at radius 1 is 1.11 bits per heavy atom. The fraction of sp³-hybridized carbons (Fsp3) is 0.938. The summed E-state index contributed by atoms with van der Waals surface area (Å²) < 4.78 is 11.8. The second-order valence-corrected chi connectivity index (χ2v) is 6.51. The number of rotatable bonds is 3. The molecule has 0 N–H and O–H groups in total. The summed E-state index contributed by atoms with van der Waals surface area (Å²) in [5.74, 6) is 0.462. The number of ether oxygens (including phenoxy) is 2. The van der Waals surface area contributed by atoms with E-state index in [0.29, 0.717) is 18.8 Å². The highest BCUT2D eigenvalue weighted by molar-refractivity contribution is 5.92. The van der Waals surface area contributed by atoms with E-state index in [4.69, 9.17) is 9.47 Å². The molecule has 3 heteroatoms. The molecule has 19 heavy (non-hydrogen) atoms. The van der Waals surface area contributed by atoms with Crippen molar-refractivity contribution in [3.8, 4) is 0 Å². The Morgan fingerprint density at radius 2 is 1.89 bits per heavy atom. The fourth-order valence-corrected chi connectivity index (χ4v) is 3.96. The minimum absolute atomic E-state index is 0.106. The van der Waals surface area contributed by atoms with E-state index in [1.807, 2.05) is 0 Å². The van der Waals surface area contributed by atoms with Crippen molar-refractivity contribution in [3.63, 3.8) is 0 Å². The van der Waals surface area contributed by atoms with E-state index in [0.717, 1.165) is 25.9 Å². The molecule has 3 rings (SSSR count). The van der Waals surface area contributed by atoms with Gasteiger partial charge < -0.3 is 9.47 Å². The third-order valence-electron chi connectivity index (χ3n) is 5.30. The lowest BCUT2D eigenvalue weighted by atomic mass is 9.60. The second-order valence-electron chi connectivity index (χ2n) is 6.51. The number of hydrogen-bond donors (Lipinski definition) is 0. The van der Waals surface area contributed by atoms with Crippen LogP contribution in [0.15, 0.2) is 0 Å². The quantitative estimate of drug-likeness (QED) is 0.786. The van der Waals surface area contributed by atoms with E-state index in [-0.39, 0.29) is 17.6 Å². The molecular weight excluding hydrogens is 240 g/mol. The number of Topliss-reactive ketones (excluding diaryl/α,β-unsaturated/α-hetero) is 1. The Labute approximate surface area is 116 Å². The SMILES string of the molecule is O=C1CC(OCC2CCCCO2)C12CCCCCC2. The Kier molecular flexibility index (Phi) is 4.23. The summed E-state index contributed by atoms with van der Waals surface area (Å²) in [5, 5.41) is 0. The first-order chi connectivity index (χ1) is 9.31. The van der Waals surface area contributed by atoms with Crippen molar-refractivity contribution < 1.29 is 14.3 Å². The van der Waals surface area contributed by atoms with Crippen molar-refractivity contribution >= 4 is 5.78 Å². The third-order valence-corrected chi connectivity index (χ3v) is 5.30. The molecule has 2 aliphatic carbocycles. The van der Waals surface area contributed by atoms with Crippen molar-refractivity contribution in [2.45, 2.75) is 76.4 Å². The number of carbonyl (C=O) groups is 1. The molecule has 0 amide bonds. The van der Waals surface area contributed by atoms with Gasteiger partial charge in [-0.3, -0.25) is 4.79 Å². The zero-order valence-corrected chi connectivity index (χ0v) is 11.9.